The molecule has 3 rings (SSSR count). The molecular weight excluding hydrogens is 370 g/mol. The standard InChI is InChI=1S/C22H23N3O2S/c1-3-27-18-11-9-16(10-12-18)13-14-23-21(26)19-15-24-22(28-2)25-20(19)17-7-5-4-6-8-17/h4-12,15H,3,13-14H2,1-2H3,(H,23,26). The second-order valence-corrected chi connectivity index (χ2v) is 6.84. The molecule has 1 N–H and O–H groups in total. The summed E-state index contributed by atoms with van der Waals surface area (Å²) in [6, 6.07) is 17.6. The molecule has 5 nitrogen and oxygen atoms in total. The highest BCUT2D eigenvalue weighted by Crippen LogP contribution is 2.23. The van der Waals surface area contributed by atoms with E-state index >= 15 is 0 Å². The SMILES string of the molecule is CCOc1ccc(CCNC(=O)c2cnc(SC)nc2-c2ccccc2)cc1. The number of amides is 1. The Balaban J connectivity index is 1.68. The first-order valence-electron chi connectivity index (χ1n) is 9.17. The van der Waals surface area contributed by atoms with E-state index in [-0.39, 0.29) is 5.91 Å². The zero-order chi connectivity index (χ0) is 19.8. The van der Waals surface area contributed by atoms with E-state index in [1.165, 1.54) is 11.8 Å². The Kier molecular flexibility index (Phi) is 7.03. The molecule has 0 unspecified atom stereocenters. The molecule has 144 valence electrons. The van der Waals surface area contributed by atoms with E-state index < -0.39 is 0 Å². The maximum atomic E-state index is 12.8. The highest BCUT2D eigenvalue weighted by molar-refractivity contribution is 7.98. The van der Waals surface area contributed by atoms with Gasteiger partial charge >= 0.3 is 0 Å². The van der Waals surface area contributed by atoms with Gasteiger partial charge in [0, 0.05) is 18.3 Å². The van der Waals surface area contributed by atoms with Gasteiger partial charge in [-0.2, -0.15) is 0 Å². The van der Waals surface area contributed by atoms with Gasteiger partial charge in [-0.15, -0.1) is 0 Å². The normalized spacial score (nSPS) is 10.5. The average molecular weight is 394 g/mol. The molecule has 0 spiro atoms. The Hall–Kier alpha value is -2.86. The van der Waals surface area contributed by atoms with Gasteiger partial charge in [-0.1, -0.05) is 54.2 Å². The molecule has 0 fully saturated rings. The van der Waals surface area contributed by atoms with Crippen molar-refractivity contribution in [3.63, 3.8) is 0 Å². The highest BCUT2D eigenvalue weighted by atomic mass is 32.2. The molecule has 28 heavy (non-hydrogen) atoms. The third-order valence-electron chi connectivity index (χ3n) is 4.17. The molecule has 0 aliphatic rings. The molecular formula is C22H23N3O2S. The van der Waals surface area contributed by atoms with Crippen LogP contribution in [0.5, 0.6) is 5.75 Å². The van der Waals surface area contributed by atoms with E-state index in [1.807, 2.05) is 67.8 Å². The van der Waals surface area contributed by atoms with E-state index in [9.17, 15) is 4.79 Å². The summed E-state index contributed by atoms with van der Waals surface area (Å²) in [4.78, 5) is 21.6. The fourth-order valence-electron chi connectivity index (χ4n) is 2.78. The van der Waals surface area contributed by atoms with Crippen LogP contribution in [0.4, 0.5) is 0 Å². The van der Waals surface area contributed by atoms with Crippen LogP contribution in [0.3, 0.4) is 0 Å². The lowest BCUT2D eigenvalue weighted by molar-refractivity contribution is 0.0954. The quantitative estimate of drug-likeness (QED) is 0.458. The van der Waals surface area contributed by atoms with Crippen molar-refractivity contribution in [2.75, 3.05) is 19.4 Å². The second-order valence-electron chi connectivity index (χ2n) is 6.07. The molecule has 0 atom stereocenters. The van der Waals surface area contributed by atoms with Gasteiger partial charge in [-0.3, -0.25) is 4.79 Å². The summed E-state index contributed by atoms with van der Waals surface area (Å²) in [6.45, 7) is 3.14. The highest BCUT2D eigenvalue weighted by Gasteiger charge is 2.16. The van der Waals surface area contributed by atoms with Gasteiger partial charge in [0.15, 0.2) is 5.16 Å². The molecule has 6 heteroatoms. The number of rotatable bonds is 8. The van der Waals surface area contributed by atoms with Crippen molar-refractivity contribution in [3.8, 4) is 17.0 Å². The van der Waals surface area contributed by atoms with Crippen LogP contribution in [-0.4, -0.2) is 35.3 Å². The van der Waals surface area contributed by atoms with Crippen molar-refractivity contribution in [1.29, 1.82) is 0 Å². The van der Waals surface area contributed by atoms with Gasteiger partial charge in [0.25, 0.3) is 5.91 Å². The number of carbonyl (C=O) groups excluding carboxylic acids is 1. The van der Waals surface area contributed by atoms with Crippen LogP contribution in [0.1, 0.15) is 22.8 Å². The third kappa shape index (κ3) is 5.10. The van der Waals surface area contributed by atoms with E-state index in [0.29, 0.717) is 29.6 Å². The minimum absolute atomic E-state index is 0.169. The van der Waals surface area contributed by atoms with Gasteiger partial charge < -0.3 is 10.1 Å². The second kappa shape index (κ2) is 9.90. The minimum Gasteiger partial charge on any atom is -0.494 e. The summed E-state index contributed by atoms with van der Waals surface area (Å²) in [5.74, 6) is 0.686. The van der Waals surface area contributed by atoms with Crippen molar-refractivity contribution in [2.45, 2.75) is 18.5 Å². The van der Waals surface area contributed by atoms with Crippen molar-refractivity contribution in [3.05, 3.63) is 71.9 Å². The maximum absolute atomic E-state index is 12.8. The number of benzene rings is 2. The Morgan fingerprint density at radius 2 is 1.86 bits per heavy atom. The van der Waals surface area contributed by atoms with Crippen LogP contribution in [-0.2, 0) is 6.42 Å². The Morgan fingerprint density at radius 1 is 1.11 bits per heavy atom. The molecule has 0 aliphatic heterocycles. The number of hydrogen-bond acceptors (Lipinski definition) is 5. The van der Waals surface area contributed by atoms with Crippen LogP contribution in [0.2, 0.25) is 0 Å². The summed E-state index contributed by atoms with van der Waals surface area (Å²) >= 11 is 1.45. The first kappa shape index (κ1) is 19.9. The lowest BCUT2D eigenvalue weighted by Gasteiger charge is -2.11. The van der Waals surface area contributed by atoms with Crippen LogP contribution in [0.15, 0.2) is 66.0 Å². The van der Waals surface area contributed by atoms with Crippen LogP contribution < -0.4 is 10.1 Å². The lowest BCUT2D eigenvalue weighted by atomic mass is 10.1. The van der Waals surface area contributed by atoms with E-state index in [4.69, 9.17) is 4.74 Å². The number of aromatic nitrogens is 2. The number of nitrogens with one attached hydrogen (secondary N) is 1. The van der Waals surface area contributed by atoms with Gasteiger partial charge in [0.1, 0.15) is 5.75 Å². The molecule has 2 aromatic carbocycles. The van der Waals surface area contributed by atoms with Crippen LogP contribution in [0, 0.1) is 0 Å². The molecule has 0 aliphatic carbocycles. The lowest BCUT2D eigenvalue weighted by Crippen LogP contribution is -2.26. The predicted molar refractivity (Wildman–Crippen MR) is 113 cm³/mol. The number of carbonyl (C=O) groups is 1. The Bertz CT molecular complexity index is 915. The molecule has 0 bridgehead atoms. The molecule has 3 aromatic rings. The largest absolute Gasteiger partial charge is 0.494 e. The fraction of sp³-hybridized carbons (Fsp3) is 0.227. The minimum atomic E-state index is -0.169. The summed E-state index contributed by atoms with van der Waals surface area (Å²) in [6.07, 6.45) is 4.26. The first-order chi connectivity index (χ1) is 13.7. The van der Waals surface area contributed by atoms with E-state index in [1.54, 1.807) is 6.20 Å². The average Bonchev–Trinajstić information content (AvgIpc) is 2.75. The van der Waals surface area contributed by atoms with Crippen molar-refractivity contribution < 1.29 is 9.53 Å². The predicted octanol–water partition coefficient (Wildman–Crippen LogP) is 4.24. The van der Waals surface area contributed by atoms with Gasteiger partial charge in [-0.05, 0) is 37.3 Å². The fourth-order valence-corrected chi connectivity index (χ4v) is 3.12. The molecule has 0 saturated carbocycles. The van der Waals surface area contributed by atoms with Crippen molar-refractivity contribution in [2.24, 2.45) is 0 Å². The summed E-state index contributed by atoms with van der Waals surface area (Å²) in [7, 11) is 0. The molecule has 0 radical (unpaired) electrons. The monoisotopic (exact) mass is 393 g/mol. The van der Waals surface area contributed by atoms with Crippen LogP contribution >= 0.6 is 11.8 Å². The summed E-state index contributed by atoms with van der Waals surface area (Å²) < 4.78 is 5.45. The number of nitrogens with zero attached hydrogens (tertiary/aromatic N) is 2. The van der Waals surface area contributed by atoms with Gasteiger partial charge in [0.05, 0.1) is 17.9 Å². The number of ether oxygens (including phenoxy) is 1. The maximum Gasteiger partial charge on any atom is 0.255 e. The zero-order valence-electron chi connectivity index (χ0n) is 16.0. The molecule has 0 saturated heterocycles. The van der Waals surface area contributed by atoms with E-state index in [2.05, 4.69) is 15.3 Å². The van der Waals surface area contributed by atoms with Gasteiger partial charge in [0.2, 0.25) is 0 Å². The summed E-state index contributed by atoms with van der Waals surface area (Å²) in [5.41, 5.74) is 3.17. The molecule has 1 heterocycles. The van der Waals surface area contributed by atoms with Crippen molar-refractivity contribution in [1.82, 2.24) is 15.3 Å². The zero-order valence-corrected chi connectivity index (χ0v) is 16.8. The Morgan fingerprint density at radius 3 is 2.54 bits per heavy atom. The summed E-state index contributed by atoms with van der Waals surface area (Å²) in [5, 5.41) is 3.62. The van der Waals surface area contributed by atoms with Crippen molar-refractivity contribution >= 4 is 17.7 Å². The van der Waals surface area contributed by atoms with Gasteiger partial charge in [-0.25, -0.2) is 9.97 Å². The Labute approximate surface area is 169 Å². The van der Waals surface area contributed by atoms with E-state index in [0.717, 1.165) is 23.3 Å². The molecule has 1 aromatic heterocycles. The third-order valence-corrected chi connectivity index (χ3v) is 4.74. The van der Waals surface area contributed by atoms with Crippen LogP contribution in [0.25, 0.3) is 11.3 Å². The first-order valence-corrected chi connectivity index (χ1v) is 10.4. The number of hydrogen-bond donors (Lipinski definition) is 1. The number of thioether (sulfide) groups is 1. The smallest absolute Gasteiger partial charge is 0.255 e. The topological polar surface area (TPSA) is 64.1 Å². The molecule has 1 amide bonds.